The molecule has 0 rings (SSSR count). The second kappa shape index (κ2) is 9.56. The fourth-order valence-corrected chi connectivity index (χ4v) is 1.22. The highest BCUT2D eigenvalue weighted by Gasteiger charge is 2.08. The molecule has 0 aliphatic rings. The molecule has 0 fully saturated rings. The van der Waals surface area contributed by atoms with Crippen LogP contribution in [0.2, 0.25) is 0 Å². The van der Waals surface area contributed by atoms with E-state index in [2.05, 4.69) is 10.1 Å². The molecule has 0 aromatic heterocycles. The van der Waals surface area contributed by atoms with E-state index in [0.717, 1.165) is 12.8 Å². The molecule has 0 unspecified atom stereocenters. The second-order valence-corrected chi connectivity index (χ2v) is 3.49. The maximum atomic E-state index is 10.9. The Labute approximate surface area is 99.7 Å². The molecule has 0 aromatic rings. The van der Waals surface area contributed by atoms with Gasteiger partial charge in [0.1, 0.15) is 0 Å². The molecule has 0 bridgehead atoms. The number of nitro groups is 1. The Morgan fingerprint density at radius 3 is 2.59 bits per heavy atom. The summed E-state index contributed by atoms with van der Waals surface area (Å²) in [5, 5.41) is 12.6. The summed E-state index contributed by atoms with van der Waals surface area (Å²) in [6, 6.07) is 0. The normalized spacial score (nSPS) is 9.71. The fourth-order valence-electron chi connectivity index (χ4n) is 1.22. The molecule has 17 heavy (non-hydrogen) atoms. The minimum absolute atomic E-state index is 0.223. The zero-order valence-electron chi connectivity index (χ0n) is 9.94. The van der Waals surface area contributed by atoms with Gasteiger partial charge in [0.25, 0.3) is 6.54 Å². The Hall–Kier alpha value is -1.66. The van der Waals surface area contributed by atoms with Gasteiger partial charge < -0.3 is 10.1 Å². The fraction of sp³-hybridized carbons (Fsp3) is 0.800. The van der Waals surface area contributed by atoms with Crippen LogP contribution >= 0.6 is 0 Å². The maximum Gasteiger partial charge on any atom is 0.407 e. The Balaban J connectivity index is 3.32. The lowest BCUT2D eigenvalue weighted by Crippen LogP contribution is -2.25. The van der Waals surface area contributed by atoms with E-state index < -0.39 is 17.6 Å². The van der Waals surface area contributed by atoms with Gasteiger partial charge in [0.2, 0.25) is 5.78 Å². The number of hydrogen-bond donors (Lipinski definition) is 1. The molecular formula is C10H18N2O5. The monoisotopic (exact) mass is 246 g/mol. The number of ketones is 1. The van der Waals surface area contributed by atoms with Gasteiger partial charge in [0, 0.05) is 17.9 Å². The molecule has 1 amide bonds. The molecule has 7 nitrogen and oxygen atoms in total. The third-order valence-corrected chi connectivity index (χ3v) is 1.98. The molecule has 0 aromatic carbocycles. The van der Waals surface area contributed by atoms with Crippen molar-refractivity contribution in [3.63, 3.8) is 0 Å². The molecule has 0 atom stereocenters. The lowest BCUT2D eigenvalue weighted by molar-refractivity contribution is -0.467. The van der Waals surface area contributed by atoms with Crippen molar-refractivity contribution in [3.05, 3.63) is 10.1 Å². The van der Waals surface area contributed by atoms with Crippen molar-refractivity contribution >= 4 is 11.9 Å². The van der Waals surface area contributed by atoms with Crippen molar-refractivity contribution in [2.45, 2.75) is 32.6 Å². The zero-order valence-corrected chi connectivity index (χ0v) is 9.94. The number of nitrogens with zero attached hydrogens (tertiary/aromatic N) is 1. The summed E-state index contributed by atoms with van der Waals surface area (Å²) in [7, 11) is 0. The number of alkyl carbamates (subject to hydrolysis) is 1. The molecule has 1 N–H and O–H groups in total. The first-order chi connectivity index (χ1) is 8.06. The topological polar surface area (TPSA) is 98.5 Å². The molecule has 0 aliphatic carbocycles. The lowest BCUT2D eigenvalue weighted by Gasteiger charge is -2.04. The molecule has 7 heteroatoms. The van der Waals surface area contributed by atoms with Crippen LogP contribution in [0.1, 0.15) is 32.6 Å². The van der Waals surface area contributed by atoms with Gasteiger partial charge in [-0.3, -0.25) is 14.9 Å². The lowest BCUT2D eigenvalue weighted by atomic mass is 10.1. The van der Waals surface area contributed by atoms with Gasteiger partial charge >= 0.3 is 6.09 Å². The van der Waals surface area contributed by atoms with Gasteiger partial charge in [-0.05, 0) is 19.8 Å². The third kappa shape index (κ3) is 10.6. The molecule has 0 saturated heterocycles. The Morgan fingerprint density at radius 1 is 1.29 bits per heavy atom. The average Bonchev–Trinajstić information content (AvgIpc) is 2.22. The quantitative estimate of drug-likeness (QED) is 0.373. The van der Waals surface area contributed by atoms with Crippen molar-refractivity contribution in [1.29, 1.82) is 0 Å². The van der Waals surface area contributed by atoms with Gasteiger partial charge in [0.15, 0.2) is 0 Å². The van der Waals surface area contributed by atoms with Gasteiger partial charge in [-0.25, -0.2) is 4.79 Å². The predicted octanol–water partition coefficient (Wildman–Crippen LogP) is 1.14. The Morgan fingerprint density at radius 2 is 2.00 bits per heavy atom. The number of Topliss-reactive ketones (excluding diaryl/α,β-unsaturated/α-hetero) is 1. The summed E-state index contributed by atoms with van der Waals surface area (Å²) in [6.07, 6.45) is 1.86. The van der Waals surface area contributed by atoms with Crippen molar-refractivity contribution in [1.82, 2.24) is 5.32 Å². The molecular weight excluding hydrogens is 228 g/mol. The van der Waals surface area contributed by atoms with Crippen molar-refractivity contribution < 1.29 is 19.2 Å². The first kappa shape index (κ1) is 15.3. The number of unbranched alkanes of at least 4 members (excludes halogenated alkanes) is 2. The number of amides is 1. The number of carbonyl (C=O) groups is 2. The summed E-state index contributed by atoms with van der Waals surface area (Å²) in [5.41, 5.74) is 0. The molecule has 0 saturated carbocycles. The van der Waals surface area contributed by atoms with Crippen molar-refractivity contribution in [2.75, 3.05) is 19.7 Å². The highest BCUT2D eigenvalue weighted by molar-refractivity contribution is 5.79. The van der Waals surface area contributed by atoms with E-state index in [4.69, 9.17) is 0 Å². The van der Waals surface area contributed by atoms with E-state index in [1.807, 2.05) is 0 Å². The minimum atomic E-state index is -0.620. The van der Waals surface area contributed by atoms with Gasteiger partial charge in [-0.1, -0.05) is 6.42 Å². The van der Waals surface area contributed by atoms with Crippen LogP contribution in [0.3, 0.4) is 0 Å². The van der Waals surface area contributed by atoms with Crippen LogP contribution in [-0.4, -0.2) is 36.5 Å². The Bertz CT molecular complexity index is 267. The Kier molecular flexibility index (Phi) is 8.62. The summed E-state index contributed by atoms with van der Waals surface area (Å²) in [6.45, 7) is 1.95. The minimum Gasteiger partial charge on any atom is -0.450 e. The van der Waals surface area contributed by atoms with Crippen LogP contribution in [0, 0.1) is 10.1 Å². The molecule has 0 heterocycles. The van der Waals surface area contributed by atoms with Crippen LogP contribution in [0.5, 0.6) is 0 Å². The van der Waals surface area contributed by atoms with E-state index >= 15 is 0 Å². The van der Waals surface area contributed by atoms with E-state index in [1.165, 1.54) is 0 Å². The number of hydrogen-bond acceptors (Lipinski definition) is 5. The summed E-state index contributed by atoms with van der Waals surface area (Å²) in [5.74, 6) is -0.353. The van der Waals surface area contributed by atoms with Crippen molar-refractivity contribution in [2.24, 2.45) is 0 Å². The number of rotatable bonds is 9. The number of carbonyl (C=O) groups excluding carboxylic acids is 2. The maximum absolute atomic E-state index is 10.9. The van der Waals surface area contributed by atoms with Gasteiger partial charge in [-0.15, -0.1) is 0 Å². The smallest absolute Gasteiger partial charge is 0.407 e. The highest BCUT2D eigenvalue weighted by Crippen LogP contribution is 2.00. The average molecular weight is 246 g/mol. The summed E-state index contributed by atoms with van der Waals surface area (Å²) >= 11 is 0. The second-order valence-electron chi connectivity index (χ2n) is 3.49. The van der Waals surface area contributed by atoms with E-state index in [9.17, 15) is 19.7 Å². The predicted molar refractivity (Wildman–Crippen MR) is 60.4 cm³/mol. The third-order valence-electron chi connectivity index (χ3n) is 1.98. The van der Waals surface area contributed by atoms with Gasteiger partial charge in [-0.2, -0.15) is 0 Å². The van der Waals surface area contributed by atoms with Crippen LogP contribution in [0.4, 0.5) is 4.79 Å². The molecule has 0 aliphatic heterocycles. The largest absolute Gasteiger partial charge is 0.450 e. The first-order valence-electron chi connectivity index (χ1n) is 5.60. The summed E-state index contributed by atoms with van der Waals surface area (Å²) < 4.78 is 4.65. The SMILES string of the molecule is CCOC(=O)NCCCCCC(=O)C[N+](=O)[O-]. The highest BCUT2D eigenvalue weighted by atomic mass is 16.6. The zero-order chi connectivity index (χ0) is 13.1. The van der Waals surface area contributed by atoms with Crippen LogP contribution in [0.15, 0.2) is 0 Å². The number of nitrogens with one attached hydrogen (secondary N) is 1. The van der Waals surface area contributed by atoms with Crippen molar-refractivity contribution in [3.8, 4) is 0 Å². The number of ether oxygens (including phenoxy) is 1. The van der Waals surface area contributed by atoms with Crippen LogP contribution in [0.25, 0.3) is 0 Å². The molecule has 0 radical (unpaired) electrons. The van der Waals surface area contributed by atoms with E-state index in [1.54, 1.807) is 6.92 Å². The molecule has 0 spiro atoms. The van der Waals surface area contributed by atoms with Crippen LogP contribution < -0.4 is 5.32 Å². The van der Waals surface area contributed by atoms with Crippen LogP contribution in [-0.2, 0) is 9.53 Å². The van der Waals surface area contributed by atoms with E-state index in [-0.39, 0.29) is 12.2 Å². The first-order valence-corrected chi connectivity index (χ1v) is 5.60. The summed E-state index contributed by atoms with van der Waals surface area (Å²) in [4.78, 5) is 31.2. The van der Waals surface area contributed by atoms with Gasteiger partial charge in [0.05, 0.1) is 6.61 Å². The standard InChI is InChI=1S/C10H18N2O5/c1-2-17-10(14)11-7-5-3-4-6-9(13)8-12(15)16/h2-8H2,1H3,(H,11,14). The van der Waals surface area contributed by atoms with E-state index in [0.29, 0.717) is 19.6 Å². The molecule has 98 valence electrons.